The van der Waals surface area contributed by atoms with E-state index in [1.165, 1.54) is 29.4 Å². The number of carbonyl (C=O) groups excluding carboxylic acids is 2. The number of likely N-dealkylation sites (tertiary alicyclic amines) is 1. The molecule has 0 bridgehead atoms. The topological polar surface area (TPSA) is 118 Å². The van der Waals surface area contributed by atoms with E-state index in [0.29, 0.717) is 38.6 Å². The normalized spacial score (nSPS) is 15.2. The van der Waals surface area contributed by atoms with Gasteiger partial charge in [0.05, 0.1) is 23.9 Å². The SMILES string of the molecule is COc1c(C(=O)NCCC2CCCN2C)sc2c1c(=O)n(CC(=O)c1ccccc1)c1ccccc21.O=C(O)C(F)(F)F. The van der Waals surface area contributed by atoms with Crippen LogP contribution < -0.4 is 15.6 Å². The standard InChI is InChI=1S/C28H29N3O4S.C2HF3O2/c1-30-16-8-11-19(30)14-15-29-27(33)26-24(35-2)23-25(36-26)20-12-6-7-13-21(20)31(28(23)34)17-22(32)18-9-4-3-5-10-18;3-2(4,5)1(6)7/h3-7,9-10,12-13,19H,8,11,14-17H2,1-2H3,(H,29,33);(H,6,7). The number of nitrogens with one attached hydrogen (secondary N) is 1. The molecule has 1 aliphatic rings. The molecule has 2 N–H and O–H groups in total. The number of Topliss-reactive ketones (excluding diaryl/α,β-unsaturated/α-hetero) is 1. The quantitative estimate of drug-likeness (QED) is 0.269. The van der Waals surface area contributed by atoms with Crippen molar-refractivity contribution in [1.29, 1.82) is 0 Å². The highest BCUT2D eigenvalue weighted by molar-refractivity contribution is 7.22. The summed E-state index contributed by atoms with van der Waals surface area (Å²) in [5, 5.41) is 11.3. The molecule has 0 saturated carbocycles. The maximum atomic E-state index is 13.7. The second-order valence-corrected chi connectivity index (χ2v) is 11.0. The Balaban J connectivity index is 0.000000541. The van der Waals surface area contributed by atoms with Crippen molar-refractivity contribution in [3.05, 3.63) is 75.4 Å². The molecule has 1 atom stereocenters. The Bertz CT molecular complexity index is 1700. The highest BCUT2D eigenvalue weighted by atomic mass is 32.1. The number of carboxylic acid groups (broad SMARTS) is 1. The molecule has 0 aliphatic carbocycles. The molecule has 1 fully saturated rings. The summed E-state index contributed by atoms with van der Waals surface area (Å²) in [4.78, 5) is 51.5. The molecular weight excluding hydrogens is 587 g/mol. The van der Waals surface area contributed by atoms with E-state index in [0.717, 1.165) is 24.8 Å². The molecule has 9 nitrogen and oxygen atoms in total. The Morgan fingerprint density at radius 3 is 2.35 bits per heavy atom. The lowest BCUT2D eigenvalue weighted by Gasteiger charge is -2.19. The van der Waals surface area contributed by atoms with Gasteiger partial charge in [-0.25, -0.2) is 4.79 Å². The van der Waals surface area contributed by atoms with Gasteiger partial charge in [-0.05, 0) is 38.9 Å². The van der Waals surface area contributed by atoms with Crippen LogP contribution in [0.5, 0.6) is 5.75 Å². The fourth-order valence-corrected chi connectivity index (χ4v) is 6.29. The first kappa shape index (κ1) is 31.7. The maximum Gasteiger partial charge on any atom is 0.490 e. The number of benzene rings is 2. The third-order valence-corrected chi connectivity index (χ3v) is 8.45. The number of para-hydroxylation sites is 1. The molecule has 228 valence electrons. The summed E-state index contributed by atoms with van der Waals surface area (Å²) in [7, 11) is 3.59. The van der Waals surface area contributed by atoms with Gasteiger partial charge < -0.3 is 20.1 Å². The van der Waals surface area contributed by atoms with Crippen LogP contribution in [0.2, 0.25) is 0 Å². The number of methoxy groups -OCH3 is 1. The second kappa shape index (κ2) is 13.4. The highest BCUT2D eigenvalue weighted by Gasteiger charge is 2.38. The van der Waals surface area contributed by atoms with Crippen molar-refractivity contribution >= 4 is 50.0 Å². The van der Waals surface area contributed by atoms with Crippen LogP contribution in [0.1, 0.15) is 39.3 Å². The van der Waals surface area contributed by atoms with E-state index < -0.39 is 12.1 Å². The van der Waals surface area contributed by atoms with Gasteiger partial charge in [0.15, 0.2) is 11.5 Å². The number of aliphatic carboxylic acids is 1. The van der Waals surface area contributed by atoms with E-state index in [-0.39, 0.29) is 29.5 Å². The third kappa shape index (κ3) is 7.05. The zero-order valence-corrected chi connectivity index (χ0v) is 24.3. The summed E-state index contributed by atoms with van der Waals surface area (Å²) in [6, 6.07) is 16.9. The van der Waals surface area contributed by atoms with Crippen molar-refractivity contribution in [2.75, 3.05) is 27.2 Å². The third-order valence-electron chi connectivity index (χ3n) is 7.25. The molecule has 2 aromatic heterocycles. The molecule has 3 heterocycles. The summed E-state index contributed by atoms with van der Waals surface area (Å²) >= 11 is 1.26. The number of thiophene rings is 1. The zero-order chi connectivity index (χ0) is 31.3. The Labute approximate surface area is 248 Å². The summed E-state index contributed by atoms with van der Waals surface area (Å²) in [5.74, 6) is -2.90. The number of alkyl halides is 3. The number of amides is 1. The molecule has 43 heavy (non-hydrogen) atoms. The minimum absolute atomic E-state index is 0.102. The first-order chi connectivity index (χ1) is 20.4. The Kier molecular flexibility index (Phi) is 9.87. The van der Waals surface area contributed by atoms with Gasteiger partial charge >= 0.3 is 12.1 Å². The fourth-order valence-electron chi connectivity index (χ4n) is 5.08. The summed E-state index contributed by atoms with van der Waals surface area (Å²) in [6.07, 6.45) is -1.87. The number of halogens is 3. The van der Waals surface area contributed by atoms with Gasteiger partial charge in [0.25, 0.3) is 11.5 Å². The van der Waals surface area contributed by atoms with E-state index in [4.69, 9.17) is 14.6 Å². The van der Waals surface area contributed by atoms with Crippen LogP contribution >= 0.6 is 11.3 Å². The van der Waals surface area contributed by atoms with Crippen molar-refractivity contribution in [3.8, 4) is 5.75 Å². The van der Waals surface area contributed by atoms with Gasteiger partial charge in [0.1, 0.15) is 10.3 Å². The van der Waals surface area contributed by atoms with E-state index in [1.54, 1.807) is 24.3 Å². The first-order valence-electron chi connectivity index (χ1n) is 13.4. The molecule has 0 spiro atoms. The number of carboxylic acids is 1. The summed E-state index contributed by atoms with van der Waals surface area (Å²) in [6.45, 7) is 1.55. The van der Waals surface area contributed by atoms with E-state index >= 15 is 0 Å². The number of ketones is 1. The van der Waals surface area contributed by atoms with Crippen molar-refractivity contribution in [2.24, 2.45) is 0 Å². The minimum Gasteiger partial charge on any atom is -0.494 e. The number of rotatable bonds is 8. The number of fused-ring (bicyclic) bond motifs is 3. The molecule has 13 heteroatoms. The monoisotopic (exact) mass is 617 g/mol. The van der Waals surface area contributed by atoms with Crippen LogP contribution in [0.15, 0.2) is 59.4 Å². The number of hydrogen-bond acceptors (Lipinski definition) is 7. The smallest absolute Gasteiger partial charge is 0.490 e. The van der Waals surface area contributed by atoms with E-state index in [2.05, 4.69) is 17.3 Å². The molecule has 4 aromatic rings. The Morgan fingerprint density at radius 1 is 1.09 bits per heavy atom. The molecule has 1 aliphatic heterocycles. The minimum atomic E-state index is -5.08. The number of aromatic nitrogens is 1. The molecule has 5 rings (SSSR count). The molecule has 1 amide bonds. The molecule has 0 radical (unpaired) electrons. The van der Waals surface area contributed by atoms with Gasteiger partial charge in [0, 0.05) is 23.5 Å². The van der Waals surface area contributed by atoms with Crippen LogP contribution in [-0.4, -0.2) is 71.7 Å². The van der Waals surface area contributed by atoms with Crippen molar-refractivity contribution in [2.45, 2.75) is 38.0 Å². The lowest BCUT2D eigenvalue weighted by Crippen LogP contribution is -2.31. The van der Waals surface area contributed by atoms with Crippen LogP contribution in [0.3, 0.4) is 0 Å². The molecule has 2 aromatic carbocycles. The van der Waals surface area contributed by atoms with Gasteiger partial charge in [-0.1, -0.05) is 48.5 Å². The maximum absolute atomic E-state index is 13.7. The molecular formula is C30H30F3N3O6S. The summed E-state index contributed by atoms with van der Waals surface area (Å²) in [5.41, 5.74) is 0.853. The van der Waals surface area contributed by atoms with Crippen molar-refractivity contribution in [1.82, 2.24) is 14.8 Å². The zero-order valence-electron chi connectivity index (χ0n) is 23.4. The predicted octanol–water partition coefficient (Wildman–Crippen LogP) is 4.96. The van der Waals surface area contributed by atoms with Crippen LogP contribution in [0.25, 0.3) is 21.0 Å². The largest absolute Gasteiger partial charge is 0.494 e. The number of pyridine rings is 1. The van der Waals surface area contributed by atoms with Gasteiger partial charge in [-0.15, -0.1) is 11.3 Å². The average Bonchev–Trinajstić information content (AvgIpc) is 3.58. The lowest BCUT2D eigenvalue weighted by molar-refractivity contribution is -0.192. The highest BCUT2D eigenvalue weighted by Crippen LogP contribution is 2.39. The number of ether oxygens (including phenoxy) is 1. The van der Waals surface area contributed by atoms with Gasteiger partial charge in [-0.3, -0.25) is 19.0 Å². The van der Waals surface area contributed by atoms with Crippen molar-refractivity contribution in [3.63, 3.8) is 0 Å². The first-order valence-corrected chi connectivity index (χ1v) is 14.2. The van der Waals surface area contributed by atoms with Crippen LogP contribution in [-0.2, 0) is 11.3 Å². The lowest BCUT2D eigenvalue weighted by atomic mass is 10.1. The predicted molar refractivity (Wildman–Crippen MR) is 157 cm³/mol. The van der Waals surface area contributed by atoms with Crippen LogP contribution in [0, 0.1) is 0 Å². The average molecular weight is 618 g/mol. The van der Waals surface area contributed by atoms with E-state index in [9.17, 15) is 27.6 Å². The van der Waals surface area contributed by atoms with Crippen LogP contribution in [0.4, 0.5) is 13.2 Å². The number of nitrogens with zero attached hydrogens (tertiary/aromatic N) is 2. The van der Waals surface area contributed by atoms with Crippen molar-refractivity contribution < 1.29 is 37.4 Å². The van der Waals surface area contributed by atoms with Gasteiger partial charge in [-0.2, -0.15) is 13.2 Å². The second-order valence-electron chi connectivity index (χ2n) is 9.99. The Hall–Kier alpha value is -4.23. The number of carbonyl (C=O) groups is 3. The fraction of sp³-hybridized carbons (Fsp3) is 0.333. The van der Waals surface area contributed by atoms with Gasteiger partial charge in [0.2, 0.25) is 0 Å². The Morgan fingerprint density at radius 2 is 1.74 bits per heavy atom. The number of hydrogen-bond donors (Lipinski definition) is 2. The van der Waals surface area contributed by atoms with E-state index in [1.807, 2.05) is 30.3 Å². The summed E-state index contributed by atoms with van der Waals surface area (Å²) < 4.78 is 39.5. The molecule has 1 saturated heterocycles. The molecule has 1 unspecified atom stereocenters.